The third-order valence-corrected chi connectivity index (χ3v) is 3.44. The van der Waals surface area contributed by atoms with Crippen LogP contribution < -0.4 is 10.1 Å². The zero-order valence-corrected chi connectivity index (χ0v) is 12.5. The van der Waals surface area contributed by atoms with E-state index in [2.05, 4.69) is 5.32 Å². The number of aromatic hydroxyl groups is 1. The highest BCUT2D eigenvalue weighted by Gasteiger charge is 2.24. The molecule has 20 heavy (non-hydrogen) atoms. The second-order valence-electron chi connectivity index (χ2n) is 4.77. The maximum absolute atomic E-state index is 11.8. The summed E-state index contributed by atoms with van der Waals surface area (Å²) in [4.78, 5) is 11.8. The molecule has 5 heteroatoms. The Morgan fingerprint density at radius 3 is 2.65 bits per heavy atom. The van der Waals surface area contributed by atoms with Gasteiger partial charge in [-0.15, -0.1) is 0 Å². The average Bonchev–Trinajstić information content (AvgIpc) is 2.48. The number of hydrogen-bond donors (Lipinski definition) is 2. The van der Waals surface area contributed by atoms with Crippen molar-refractivity contribution in [3.05, 3.63) is 23.8 Å². The van der Waals surface area contributed by atoms with E-state index in [-0.39, 0.29) is 23.7 Å². The quantitative estimate of drug-likeness (QED) is 0.749. The Balaban J connectivity index is 2.74. The van der Waals surface area contributed by atoms with E-state index in [9.17, 15) is 9.90 Å². The summed E-state index contributed by atoms with van der Waals surface area (Å²) in [6.45, 7) is 4.54. The van der Waals surface area contributed by atoms with Gasteiger partial charge in [0.2, 0.25) is 0 Å². The highest BCUT2D eigenvalue weighted by molar-refractivity contribution is 5.76. The van der Waals surface area contributed by atoms with Crippen LogP contribution in [-0.2, 0) is 16.1 Å². The van der Waals surface area contributed by atoms with Gasteiger partial charge in [0.25, 0.3) is 0 Å². The minimum absolute atomic E-state index is 0.0997. The third kappa shape index (κ3) is 4.13. The number of benzene rings is 1. The average molecular weight is 281 g/mol. The fraction of sp³-hybridized carbons (Fsp3) is 0.533. The number of ether oxygens (including phenoxy) is 2. The summed E-state index contributed by atoms with van der Waals surface area (Å²) in [5.74, 6) is 0.441. The van der Waals surface area contributed by atoms with Crippen LogP contribution in [0.5, 0.6) is 11.5 Å². The van der Waals surface area contributed by atoms with Gasteiger partial charge in [-0.1, -0.05) is 26.3 Å². The summed E-state index contributed by atoms with van der Waals surface area (Å²) in [5.41, 5.74) is 0.928. The molecule has 0 aromatic heterocycles. The van der Waals surface area contributed by atoms with Crippen LogP contribution in [0.15, 0.2) is 18.2 Å². The van der Waals surface area contributed by atoms with Crippen LogP contribution in [0.25, 0.3) is 0 Å². The molecule has 2 unspecified atom stereocenters. The Labute approximate surface area is 119 Å². The van der Waals surface area contributed by atoms with Gasteiger partial charge in [0.05, 0.1) is 14.2 Å². The lowest BCUT2D eigenvalue weighted by molar-refractivity contribution is -0.144. The summed E-state index contributed by atoms with van der Waals surface area (Å²) >= 11 is 0. The standard InChI is InChI=1S/C15H23NO4/c1-5-10(2)14(15(18)20-4)16-9-11-6-7-12(17)13(8-11)19-3/h6-8,10,14,16-17H,5,9H2,1-4H3. The SMILES string of the molecule is CCC(C)C(NCc1ccc(O)c(OC)c1)C(=O)OC. The fourth-order valence-corrected chi connectivity index (χ4v) is 1.94. The molecule has 0 amide bonds. The molecule has 1 aromatic rings. The number of rotatable bonds is 7. The molecule has 0 radical (unpaired) electrons. The summed E-state index contributed by atoms with van der Waals surface area (Å²) < 4.78 is 9.88. The van der Waals surface area contributed by atoms with Gasteiger partial charge < -0.3 is 19.9 Å². The minimum atomic E-state index is -0.343. The van der Waals surface area contributed by atoms with Crippen LogP contribution in [0.1, 0.15) is 25.8 Å². The highest BCUT2D eigenvalue weighted by Crippen LogP contribution is 2.26. The topological polar surface area (TPSA) is 67.8 Å². The van der Waals surface area contributed by atoms with E-state index in [0.717, 1.165) is 12.0 Å². The fourth-order valence-electron chi connectivity index (χ4n) is 1.94. The second-order valence-corrected chi connectivity index (χ2v) is 4.77. The van der Waals surface area contributed by atoms with Crippen molar-refractivity contribution in [2.45, 2.75) is 32.9 Å². The number of carbonyl (C=O) groups excluding carboxylic acids is 1. The first-order valence-corrected chi connectivity index (χ1v) is 6.70. The van der Waals surface area contributed by atoms with Crippen LogP contribution in [-0.4, -0.2) is 31.3 Å². The van der Waals surface area contributed by atoms with Crippen molar-refractivity contribution < 1.29 is 19.4 Å². The molecule has 0 bridgehead atoms. The maximum atomic E-state index is 11.8. The molecule has 112 valence electrons. The second kappa shape index (κ2) is 7.75. The Kier molecular flexibility index (Phi) is 6.31. The predicted molar refractivity (Wildman–Crippen MR) is 76.8 cm³/mol. The molecule has 2 N–H and O–H groups in total. The first kappa shape index (κ1) is 16.3. The van der Waals surface area contributed by atoms with Gasteiger partial charge in [0, 0.05) is 6.54 Å². The van der Waals surface area contributed by atoms with E-state index in [4.69, 9.17) is 9.47 Å². The molecule has 0 saturated carbocycles. The lowest BCUT2D eigenvalue weighted by atomic mass is 9.99. The molecule has 5 nitrogen and oxygen atoms in total. The third-order valence-electron chi connectivity index (χ3n) is 3.44. The van der Waals surface area contributed by atoms with Gasteiger partial charge >= 0.3 is 5.97 Å². The lowest BCUT2D eigenvalue weighted by Gasteiger charge is -2.22. The molecule has 0 fully saturated rings. The number of esters is 1. The van der Waals surface area contributed by atoms with Crippen molar-refractivity contribution in [1.29, 1.82) is 0 Å². The number of methoxy groups -OCH3 is 2. The van der Waals surface area contributed by atoms with Gasteiger partial charge in [-0.2, -0.15) is 0 Å². The first-order chi connectivity index (χ1) is 9.53. The van der Waals surface area contributed by atoms with Crippen LogP contribution >= 0.6 is 0 Å². The molecule has 0 aliphatic carbocycles. The number of nitrogens with one attached hydrogen (secondary N) is 1. The normalized spacial score (nSPS) is 13.6. The van der Waals surface area contributed by atoms with Gasteiger partial charge in [-0.25, -0.2) is 0 Å². The van der Waals surface area contributed by atoms with Crippen LogP contribution in [0.2, 0.25) is 0 Å². The molecule has 1 aromatic carbocycles. The van der Waals surface area contributed by atoms with Crippen LogP contribution in [0, 0.1) is 5.92 Å². The number of carbonyl (C=O) groups is 1. The van der Waals surface area contributed by atoms with E-state index in [1.165, 1.54) is 14.2 Å². The van der Waals surface area contributed by atoms with Crippen molar-refractivity contribution in [1.82, 2.24) is 5.32 Å². The van der Waals surface area contributed by atoms with Crippen molar-refractivity contribution in [2.24, 2.45) is 5.92 Å². The monoisotopic (exact) mass is 281 g/mol. The number of phenols is 1. The summed E-state index contributed by atoms with van der Waals surface area (Å²) in [7, 11) is 2.89. The molecule has 0 saturated heterocycles. The summed E-state index contributed by atoms with van der Waals surface area (Å²) in [6.07, 6.45) is 0.881. The van der Waals surface area contributed by atoms with Crippen molar-refractivity contribution >= 4 is 5.97 Å². The molecule has 0 heterocycles. The van der Waals surface area contributed by atoms with Crippen molar-refractivity contribution in [3.63, 3.8) is 0 Å². The zero-order valence-electron chi connectivity index (χ0n) is 12.5. The van der Waals surface area contributed by atoms with Crippen molar-refractivity contribution in [2.75, 3.05) is 14.2 Å². The van der Waals surface area contributed by atoms with Gasteiger partial charge in [-0.05, 0) is 23.6 Å². The summed E-state index contributed by atoms with van der Waals surface area (Å²) in [5, 5.41) is 12.7. The van der Waals surface area contributed by atoms with E-state index in [0.29, 0.717) is 12.3 Å². The first-order valence-electron chi connectivity index (χ1n) is 6.70. The zero-order chi connectivity index (χ0) is 15.1. The largest absolute Gasteiger partial charge is 0.504 e. The molecular formula is C15H23NO4. The van der Waals surface area contributed by atoms with Crippen LogP contribution in [0.4, 0.5) is 0 Å². The summed E-state index contributed by atoms with van der Waals surface area (Å²) in [6, 6.07) is 4.76. The number of phenolic OH excluding ortho intramolecular Hbond substituents is 1. The Morgan fingerprint density at radius 1 is 1.40 bits per heavy atom. The minimum Gasteiger partial charge on any atom is -0.504 e. The molecule has 1 rings (SSSR count). The van der Waals surface area contributed by atoms with Gasteiger partial charge in [0.1, 0.15) is 6.04 Å². The predicted octanol–water partition coefficient (Wildman–Crippen LogP) is 2.08. The molecule has 0 aliphatic rings. The van der Waals surface area contributed by atoms with E-state index < -0.39 is 0 Å². The molecule has 2 atom stereocenters. The Morgan fingerprint density at radius 2 is 2.10 bits per heavy atom. The smallest absolute Gasteiger partial charge is 0.323 e. The maximum Gasteiger partial charge on any atom is 0.323 e. The Hall–Kier alpha value is -1.75. The van der Waals surface area contributed by atoms with Gasteiger partial charge in [-0.3, -0.25) is 4.79 Å². The Bertz CT molecular complexity index is 447. The van der Waals surface area contributed by atoms with E-state index in [1.54, 1.807) is 18.2 Å². The van der Waals surface area contributed by atoms with E-state index in [1.807, 2.05) is 13.8 Å². The number of hydrogen-bond acceptors (Lipinski definition) is 5. The molecule has 0 spiro atoms. The van der Waals surface area contributed by atoms with Crippen molar-refractivity contribution in [3.8, 4) is 11.5 Å². The molecule has 0 aliphatic heterocycles. The van der Waals surface area contributed by atoms with Crippen LogP contribution in [0.3, 0.4) is 0 Å². The van der Waals surface area contributed by atoms with E-state index >= 15 is 0 Å². The highest BCUT2D eigenvalue weighted by atomic mass is 16.5. The lowest BCUT2D eigenvalue weighted by Crippen LogP contribution is -2.42. The molecular weight excluding hydrogens is 258 g/mol. The van der Waals surface area contributed by atoms with Gasteiger partial charge in [0.15, 0.2) is 11.5 Å².